The van der Waals surface area contributed by atoms with Crippen LogP contribution in [0.4, 0.5) is 17.5 Å². The van der Waals surface area contributed by atoms with Gasteiger partial charge in [-0.15, -0.1) is 0 Å². The van der Waals surface area contributed by atoms with Crippen LogP contribution in [-0.2, 0) is 0 Å². The summed E-state index contributed by atoms with van der Waals surface area (Å²) in [6.07, 6.45) is 5.95. The number of hydrogen-bond acceptors (Lipinski definition) is 6. The molecule has 8 heteroatoms. The number of aromatic amines is 1. The first-order valence-corrected chi connectivity index (χ1v) is 9.11. The molecule has 1 saturated carbocycles. The molecular weight excluding hydrogens is 352 g/mol. The van der Waals surface area contributed by atoms with Gasteiger partial charge in [0.25, 0.3) is 0 Å². The summed E-state index contributed by atoms with van der Waals surface area (Å²) >= 11 is 6.06. The van der Waals surface area contributed by atoms with Crippen molar-refractivity contribution in [2.75, 3.05) is 10.6 Å². The molecule has 26 heavy (non-hydrogen) atoms. The third kappa shape index (κ3) is 3.40. The molecule has 2 heterocycles. The van der Waals surface area contributed by atoms with Gasteiger partial charge in [0.1, 0.15) is 11.2 Å². The second-order valence-electron chi connectivity index (χ2n) is 6.63. The number of H-pyrrole nitrogens is 1. The SMILES string of the molecule is NC1CCCCC1Nc1nc(Nc2cccc(Cl)c2)c2c(O)[nH]cc2n1. The average molecular weight is 373 g/mol. The van der Waals surface area contributed by atoms with Gasteiger partial charge in [0.2, 0.25) is 11.8 Å². The Morgan fingerprint density at radius 2 is 2.08 bits per heavy atom. The highest BCUT2D eigenvalue weighted by atomic mass is 35.5. The lowest BCUT2D eigenvalue weighted by atomic mass is 9.91. The highest BCUT2D eigenvalue weighted by Crippen LogP contribution is 2.32. The van der Waals surface area contributed by atoms with E-state index in [2.05, 4.69) is 25.6 Å². The molecule has 0 saturated heterocycles. The van der Waals surface area contributed by atoms with Crippen LogP contribution in [0.5, 0.6) is 5.88 Å². The van der Waals surface area contributed by atoms with Crippen LogP contribution in [0.15, 0.2) is 30.5 Å². The summed E-state index contributed by atoms with van der Waals surface area (Å²) < 4.78 is 0. The number of nitrogens with one attached hydrogen (secondary N) is 3. The fourth-order valence-corrected chi connectivity index (χ4v) is 3.58. The number of halogens is 1. The monoisotopic (exact) mass is 372 g/mol. The lowest BCUT2D eigenvalue weighted by Crippen LogP contribution is -2.42. The van der Waals surface area contributed by atoms with Crippen molar-refractivity contribution in [2.45, 2.75) is 37.8 Å². The van der Waals surface area contributed by atoms with Gasteiger partial charge < -0.3 is 26.5 Å². The Morgan fingerprint density at radius 1 is 1.23 bits per heavy atom. The zero-order valence-corrected chi connectivity index (χ0v) is 14.9. The molecule has 7 nitrogen and oxygen atoms in total. The molecule has 2 atom stereocenters. The summed E-state index contributed by atoms with van der Waals surface area (Å²) in [4.78, 5) is 11.9. The van der Waals surface area contributed by atoms with Gasteiger partial charge in [-0.3, -0.25) is 0 Å². The summed E-state index contributed by atoms with van der Waals surface area (Å²) in [6, 6.07) is 7.56. The Morgan fingerprint density at radius 3 is 2.88 bits per heavy atom. The van der Waals surface area contributed by atoms with Gasteiger partial charge in [-0.25, -0.2) is 4.98 Å². The molecule has 6 N–H and O–H groups in total. The molecule has 136 valence electrons. The predicted molar refractivity (Wildman–Crippen MR) is 104 cm³/mol. The van der Waals surface area contributed by atoms with E-state index in [4.69, 9.17) is 17.3 Å². The molecule has 2 unspecified atom stereocenters. The Hall–Kier alpha value is -2.51. The molecule has 0 radical (unpaired) electrons. The van der Waals surface area contributed by atoms with Crippen molar-refractivity contribution in [3.05, 3.63) is 35.5 Å². The molecule has 0 bridgehead atoms. The summed E-state index contributed by atoms with van der Waals surface area (Å²) in [5.41, 5.74) is 7.62. The first-order chi connectivity index (χ1) is 12.6. The van der Waals surface area contributed by atoms with E-state index in [-0.39, 0.29) is 18.0 Å². The van der Waals surface area contributed by atoms with Crippen LogP contribution in [0, 0.1) is 0 Å². The highest BCUT2D eigenvalue weighted by molar-refractivity contribution is 6.30. The molecule has 1 aromatic carbocycles. The van der Waals surface area contributed by atoms with Crippen LogP contribution >= 0.6 is 11.6 Å². The van der Waals surface area contributed by atoms with E-state index in [1.807, 2.05) is 12.1 Å². The second-order valence-corrected chi connectivity index (χ2v) is 7.06. The minimum Gasteiger partial charge on any atom is -0.494 e. The fraction of sp³-hybridized carbons (Fsp3) is 0.333. The van der Waals surface area contributed by atoms with Crippen molar-refractivity contribution in [3.8, 4) is 5.88 Å². The maximum Gasteiger partial charge on any atom is 0.225 e. The van der Waals surface area contributed by atoms with Crippen LogP contribution in [0.1, 0.15) is 25.7 Å². The molecular formula is C18H21ClN6O. The van der Waals surface area contributed by atoms with Crippen LogP contribution in [0.2, 0.25) is 5.02 Å². The Bertz CT molecular complexity index is 927. The number of hydrogen-bond donors (Lipinski definition) is 5. The number of benzene rings is 1. The highest BCUT2D eigenvalue weighted by Gasteiger charge is 2.23. The summed E-state index contributed by atoms with van der Waals surface area (Å²) in [7, 11) is 0. The van der Waals surface area contributed by atoms with Gasteiger partial charge in [0.15, 0.2) is 0 Å². The first kappa shape index (κ1) is 16.9. The van der Waals surface area contributed by atoms with Crippen LogP contribution in [0.3, 0.4) is 0 Å². The summed E-state index contributed by atoms with van der Waals surface area (Å²) in [5.74, 6) is 1.01. The topological polar surface area (TPSA) is 112 Å². The lowest BCUT2D eigenvalue weighted by Gasteiger charge is -2.29. The van der Waals surface area contributed by atoms with Crippen molar-refractivity contribution < 1.29 is 5.11 Å². The minimum atomic E-state index is 0.0189. The molecule has 3 aromatic rings. The molecule has 1 fully saturated rings. The van der Waals surface area contributed by atoms with E-state index in [9.17, 15) is 5.11 Å². The molecule has 2 aromatic heterocycles. The predicted octanol–water partition coefficient (Wildman–Crippen LogP) is 3.74. The minimum absolute atomic E-state index is 0.0189. The molecule has 0 aliphatic heterocycles. The molecule has 0 spiro atoms. The Balaban J connectivity index is 1.69. The molecule has 0 amide bonds. The fourth-order valence-electron chi connectivity index (χ4n) is 3.39. The van der Waals surface area contributed by atoms with Gasteiger partial charge >= 0.3 is 0 Å². The molecule has 1 aliphatic carbocycles. The summed E-state index contributed by atoms with van der Waals surface area (Å²) in [6.45, 7) is 0. The third-order valence-electron chi connectivity index (χ3n) is 4.74. The van der Waals surface area contributed by atoms with E-state index in [0.29, 0.717) is 27.7 Å². The third-order valence-corrected chi connectivity index (χ3v) is 4.98. The summed E-state index contributed by atoms with van der Waals surface area (Å²) in [5, 5.41) is 17.9. The zero-order valence-electron chi connectivity index (χ0n) is 14.2. The molecule has 4 rings (SSSR count). The number of nitrogens with zero attached hydrogens (tertiary/aromatic N) is 2. The van der Waals surface area contributed by atoms with E-state index in [0.717, 1.165) is 31.4 Å². The van der Waals surface area contributed by atoms with Crippen molar-refractivity contribution in [3.63, 3.8) is 0 Å². The van der Waals surface area contributed by atoms with E-state index >= 15 is 0 Å². The van der Waals surface area contributed by atoms with Crippen LogP contribution < -0.4 is 16.4 Å². The Kier molecular flexibility index (Phi) is 4.57. The second kappa shape index (κ2) is 7.01. The quantitative estimate of drug-likeness (QED) is 0.477. The van der Waals surface area contributed by atoms with E-state index in [1.165, 1.54) is 0 Å². The van der Waals surface area contributed by atoms with Crippen molar-refractivity contribution in [1.29, 1.82) is 0 Å². The number of aromatic hydroxyl groups is 1. The number of rotatable bonds is 4. The largest absolute Gasteiger partial charge is 0.494 e. The smallest absolute Gasteiger partial charge is 0.225 e. The normalized spacial score (nSPS) is 20.2. The van der Waals surface area contributed by atoms with Gasteiger partial charge in [0, 0.05) is 29.0 Å². The van der Waals surface area contributed by atoms with Crippen molar-refractivity contribution in [1.82, 2.24) is 15.0 Å². The average Bonchev–Trinajstić information content (AvgIpc) is 2.98. The zero-order chi connectivity index (χ0) is 18.1. The number of nitrogens with two attached hydrogens (primary N) is 1. The number of anilines is 3. The lowest BCUT2D eigenvalue weighted by molar-refractivity contribution is 0.402. The first-order valence-electron chi connectivity index (χ1n) is 8.73. The number of fused-ring (bicyclic) bond motifs is 1. The van der Waals surface area contributed by atoms with Crippen molar-refractivity contribution in [2.24, 2.45) is 5.73 Å². The Labute approximate surface area is 156 Å². The molecule has 1 aliphatic rings. The van der Waals surface area contributed by atoms with E-state index < -0.39 is 0 Å². The maximum absolute atomic E-state index is 10.1. The van der Waals surface area contributed by atoms with Gasteiger partial charge in [-0.05, 0) is 31.0 Å². The van der Waals surface area contributed by atoms with Crippen molar-refractivity contribution >= 4 is 40.0 Å². The van der Waals surface area contributed by atoms with E-state index in [1.54, 1.807) is 18.3 Å². The standard InChI is InChI=1S/C18H21ClN6O/c19-10-4-3-5-11(8-10)22-16-15-14(9-21-17(15)26)24-18(25-16)23-13-7-2-1-6-12(13)20/h3-5,8-9,12-13,21,26H,1-2,6-7,20H2,(H2,22,23,24,25). The van der Waals surface area contributed by atoms with Crippen LogP contribution in [0.25, 0.3) is 10.9 Å². The van der Waals surface area contributed by atoms with Gasteiger partial charge in [0.05, 0.1) is 5.52 Å². The number of aromatic nitrogens is 3. The van der Waals surface area contributed by atoms with Gasteiger partial charge in [-0.1, -0.05) is 30.5 Å². The maximum atomic E-state index is 10.1. The van der Waals surface area contributed by atoms with Crippen LogP contribution in [-0.4, -0.2) is 32.1 Å². The van der Waals surface area contributed by atoms with Gasteiger partial charge in [-0.2, -0.15) is 4.98 Å².